The number of hydrazine groups is 1. The Hall–Kier alpha value is -3.89. The second-order valence-corrected chi connectivity index (χ2v) is 15.9. The first-order valence-electron chi connectivity index (χ1n) is 16.6. The maximum atomic E-state index is 14.4. The monoisotopic (exact) mass is 755 g/mol. The number of unbranched alkanes of at least 4 members (excludes halogenated alkanes) is 1. The lowest BCUT2D eigenvalue weighted by Gasteiger charge is -2.33. The molecule has 0 spiro atoms. The Morgan fingerprint density at radius 1 is 1.02 bits per heavy atom. The first-order valence-corrected chi connectivity index (χ1v) is 20.3. The van der Waals surface area contributed by atoms with Gasteiger partial charge >= 0.3 is 0 Å². The van der Waals surface area contributed by atoms with Crippen molar-refractivity contribution in [2.75, 3.05) is 44.2 Å². The average molecular weight is 756 g/mol. The van der Waals surface area contributed by atoms with Crippen LogP contribution in [0.15, 0.2) is 82.6 Å². The third-order valence-electron chi connectivity index (χ3n) is 8.32. The highest BCUT2D eigenvalue weighted by molar-refractivity contribution is 8.14. The maximum Gasteiger partial charge on any atom is 0.258 e. The van der Waals surface area contributed by atoms with Gasteiger partial charge in [0.2, 0.25) is 27.0 Å². The molecular formula is C36H45N5O7S3. The minimum absolute atomic E-state index is 0.180. The van der Waals surface area contributed by atoms with E-state index in [-0.39, 0.29) is 23.3 Å². The third kappa shape index (κ3) is 9.92. The van der Waals surface area contributed by atoms with Crippen molar-refractivity contribution in [1.29, 1.82) is 0 Å². The lowest BCUT2D eigenvalue weighted by Crippen LogP contribution is -2.45. The van der Waals surface area contributed by atoms with Gasteiger partial charge in [-0.25, -0.2) is 13.4 Å². The maximum absolute atomic E-state index is 14.4. The van der Waals surface area contributed by atoms with Crippen molar-refractivity contribution in [3.8, 4) is 5.75 Å². The second-order valence-electron chi connectivity index (χ2n) is 12.2. The third-order valence-corrected chi connectivity index (χ3v) is 11.6. The number of para-hydroxylation sites is 1. The van der Waals surface area contributed by atoms with Crippen LogP contribution in [0.1, 0.15) is 51.1 Å². The van der Waals surface area contributed by atoms with Crippen molar-refractivity contribution in [1.82, 2.24) is 20.5 Å². The molecule has 1 heterocycles. The van der Waals surface area contributed by atoms with Crippen LogP contribution < -0.4 is 25.1 Å². The van der Waals surface area contributed by atoms with Crippen LogP contribution in [0.5, 0.6) is 5.75 Å². The van der Waals surface area contributed by atoms with Gasteiger partial charge in [-0.05, 0) is 60.7 Å². The summed E-state index contributed by atoms with van der Waals surface area (Å²) in [6.45, 7) is 3.27. The predicted molar refractivity (Wildman–Crippen MR) is 201 cm³/mol. The highest BCUT2D eigenvalue weighted by atomic mass is 32.2. The van der Waals surface area contributed by atoms with E-state index in [4.69, 9.17) is 4.74 Å². The summed E-state index contributed by atoms with van der Waals surface area (Å²) in [7, 11) is -0.598. The summed E-state index contributed by atoms with van der Waals surface area (Å²) in [6, 6.07) is 20.2. The van der Waals surface area contributed by atoms with Crippen LogP contribution in [0, 0.1) is 5.41 Å². The van der Waals surface area contributed by atoms with E-state index < -0.39 is 39.9 Å². The number of rotatable bonds is 17. The SMILES string of the molecule is CCCCC1(CC)C(=O)Sc2cc(OCC(=O)N[C@@H](C(=O)NCCS(=O)(=O)NN(C)C)c3ccccc3)c(SC)cc2N(c2ccccc2)C1=O. The number of anilines is 2. The van der Waals surface area contributed by atoms with Crippen molar-refractivity contribution >= 4 is 67.8 Å². The Morgan fingerprint density at radius 2 is 1.69 bits per heavy atom. The second kappa shape index (κ2) is 18.0. The average Bonchev–Trinajstić information content (AvgIpc) is 3.19. The Bertz CT molecular complexity index is 1810. The smallest absolute Gasteiger partial charge is 0.258 e. The number of nitrogens with one attached hydrogen (secondary N) is 3. The summed E-state index contributed by atoms with van der Waals surface area (Å²) in [5.41, 5.74) is 0.484. The molecule has 4 rings (SSSR count). The number of benzene rings is 3. The molecule has 0 fully saturated rings. The molecule has 12 nitrogen and oxygen atoms in total. The molecule has 0 radical (unpaired) electrons. The summed E-state index contributed by atoms with van der Waals surface area (Å²) in [5.74, 6) is -1.48. The number of thioether (sulfide) groups is 2. The molecule has 274 valence electrons. The highest BCUT2D eigenvalue weighted by Crippen LogP contribution is 2.51. The number of fused-ring (bicyclic) bond motifs is 1. The molecule has 3 N–H and O–H groups in total. The molecule has 1 aliphatic heterocycles. The Labute approximate surface area is 308 Å². The summed E-state index contributed by atoms with van der Waals surface area (Å²) >= 11 is 2.38. The van der Waals surface area contributed by atoms with Crippen LogP contribution in [0.4, 0.5) is 11.4 Å². The fourth-order valence-corrected chi connectivity index (χ4v) is 8.40. The zero-order chi connectivity index (χ0) is 37.2. The minimum atomic E-state index is -3.68. The van der Waals surface area contributed by atoms with Crippen molar-refractivity contribution in [2.24, 2.45) is 5.41 Å². The number of hydrogen-bond acceptors (Lipinski definition) is 10. The van der Waals surface area contributed by atoms with Crippen molar-refractivity contribution in [3.05, 3.63) is 78.4 Å². The van der Waals surface area contributed by atoms with Gasteiger partial charge in [-0.15, -0.1) is 16.6 Å². The van der Waals surface area contributed by atoms with Gasteiger partial charge in [0.15, 0.2) is 6.61 Å². The summed E-state index contributed by atoms with van der Waals surface area (Å²) in [6.07, 6.45) is 4.19. The zero-order valence-corrected chi connectivity index (χ0v) is 31.9. The molecule has 1 unspecified atom stereocenters. The fourth-order valence-electron chi connectivity index (χ4n) is 5.69. The zero-order valence-electron chi connectivity index (χ0n) is 29.4. The Morgan fingerprint density at radius 3 is 2.29 bits per heavy atom. The first-order chi connectivity index (χ1) is 24.4. The van der Waals surface area contributed by atoms with E-state index in [9.17, 15) is 27.6 Å². The number of ether oxygens (including phenoxy) is 1. The van der Waals surface area contributed by atoms with Crippen molar-refractivity contribution in [2.45, 2.75) is 55.4 Å². The standard InChI is InChI=1S/C36H45N5O7S3/c1-6-8-19-36(7-2)34(44)41(26-17-13-10-14-18-26)27-22-30(49-5)28(23-29(27)50-35(36)45)48-24-31(42)38-32(25-15-11-9-12-16-25)33(43)37-20-21-51(46,47)39-40(3)4/h9-18,22-23,32,39H,6-8,19-21,24H2,1-5H3,(H,37,43)(H,38,42)/t32-,36?/m1/s1. The fraction of sp³-hybridized carbons (Fsp3) is 0.389. The number of nitrogens with zero attached hydrogens (tertiary/aromatic N) is 2. The van der Waals surface area contributed by atoms with Gasteiger partial charge in [0.05, 0.1) is 16.3 Å². The van der Waals surface area contributed by atoms with Crippen molar-refractivity contribution in [3.63, 3.8) is 0 Å². The molecule has 0 aromatic heterocycles. The molecule has 3 aromatic rings. The van der Waals surface area contributed by atoms with Crippen LogP contribution in [-0.4, -0.2) is 75.5 Å². The van der Waals surface area contributed by atoms with E-state index in [1.54, 1.807) is 41.3 Å². The summed E-state index contributed by atoms with van der Waals surface area (Å²) in [4.78, 5) is 60.1. The number of amides is 3. The first kappa shape index (κ1) is 39.9. The van der Waals surface area contributed by atoms with Gasteiger partial charge in [0.1, 0.15) is 17.2 Å². The number of carbonyl (C=O) groups is 4. The summed E-state index contributed by atoms with van der Waals surface area (Å²) < 4.78 is 30.4. The van der Waals surface area contributed by atoms with Gasteiger partial charge < -0.3 is 15.4 Å². The molecule has 3 amide bonds. The lowest BCUT2D eigenvalue weighted by atomic mass is 9.79. The molecule has 0 saturated carbocycles. The van der Waals surface area contributed by atoms with E-state index in [2.05, 4.69) is 15.5 Å². The van der Waals surface area contributed by atoms with Crippen LogP contribution in [0.25, 0.3) is 0 Å². The van der Waals surface area contributed by atoms with Crippen LogP contribution in [0.3, 0.4) is 0 Å². The predicted octanol–water partition coefficient (Wildman–Crippen LogP) is 5.04. The van der Waals surface area contributed by atoms with Crippen molar-refractivity contribution < 1.29 is 32.3 Å². The van der Waals surface area contributed by atoms with E-state index in [0.717, 1.165) is 24.6 Å². The molecule has 0 saturated heterocycles. The van der Waals surface area contributed by atoms with E-state index >= 15 is 0 Å². The molecule has 1 aliphatic rings. The van der Waals surface area contributed by atoms with Crippen LogP contribution >= 0.6 is 23.5 Å². The highest BCUT2D eigenvalue weighted by Gasteiger charge is 2.49. The molecule has 51 heavy (non-hydrogen) atoms. The number of hydrogen-bond donors (Lipinski definition) is 3. The number of carbonyl (C=O) groups excluding carboxylic acids is 4. The van der Waals surface area contributed by atoms with Gasteiger partial charge in [-0.2, -0.15) is 0 Å². The molecule has 2 atom stereocenters. The molecule has 3 aromatic carbocycles. The molecule has 0 aliphatic carbocycles. The minimum Gasteiger partial charge on any atom is -0.483 e. The molecular weight excluding hydrogens is 711 g/mol. The normalized spacial score (nSPS) is 16.7. The van der Waals surface area contributed by atoms with Crippen LogP contribution in [0.2, 0.25) is 0 Å². The summed E-state index contributed by atoms with van der Waals surface area (Å²) in [5, 5.41) is 6.36. The van der Waals surface area contributed by atoms with E-state index in [1.807, 2.05) is 56.5 Å². The Kier molecular flexibility index (Phi) is 14.1. The van der Waals surface area contributed by atoms with Crippen LogP contribution in [-0.2, 0) is 29.2 Å². The van der Waals surface area contributed by atoms with Gasteiger partial charge in [0, 0.05) is 31.2 Å². The van der Waals surface area contributed by atoms with Gasteiger partial charge in [-0.3, -0.25) is 24.1 Å². The van der Waals surface area contributed by atoms with E-state index in [0.29, 0.717) is 45.3 Å². The molecule has 0 bridgehead atoms. The van der Waals surface area contributed by atoms with Gasteiger partial charge in [0.25, 0.3) is 5.91 Å². The topological polar surface area (TPSA) is 154 Å². The Balaban J connectivity index is 1.59. The lowest BCUT2D eigenvalue weighted by molar-refractivity contribution is -0.136. The quantitative estimate of drug-likeness (QED) is 0.0971. The number of sulfonamides is 1. The largest absolute Gasteiger partial charge is 0.483 e. The molecule has 15 heteroatoms. The van der Waals surface area contributed by atoms with E-state index in [1.165, 1.54) is 30.9 Å². The van der Waals surface area contributed by atoms with Gasteiger partial charge in [-0.1, -0.05) is 75.2 Å².